The van der Waals surface area contributed by atoms with Gasteiger partial charge in [-0.25, -0.2) is 8.42 Å². The number of carbonyl (C=O) groups is 1. The molecule has 28 heavy (non-hydrogen) atoms. The number of carbonyl (C=O) groups excluding carboxylic acids is 1. The van der Waals surface area contributed by atoms with Gasteiger partial charge >= 0.3 is 0 Å². The number of sulfonamides is 1. The van der Waals surface area contributed by atoms with Crippen LogP contribution in [0.15, 0.2) is 47.4 Å². The summed E-state index contributed by atoms with van der Waals surface area (Å²) in [5, 5.41) is 0.732. The number of likely N-dealkylation sites (tertiary alicyclic amines) is 1. The summed E-state index contributed by atoms with van der Waals surface area (Å²) in [5.41, 5.74) is 1.43. The lowest BCUT2D eigenvalue weighted by atomic mass is 10.2. The fourth-order valence-corrected chi connectivity index (χ4v) is 5.04. The van der Waals surface area contributed by atoms with Crippen molar-refractivity contribution in [1.29, 1.82) is 0 Å². The molecule has 0 unspecified atom stereocenters. The Morgan fingerprint density at radius 3 is 2.18 bits per heavy atom. The quantitative estimate of drug-likeness (QED) is 0.678. The van der Waals surface area contributed by atoms with Gasteiger partial charge < -0.3 is 4.90 Å². The van der Waals surface area contributed by atoms with Crippen LogP contribution in [0.3, 0.4) is 0 Å². The molecule has 0 saturated carbocycles. The minimum absolute atomic E-state index is 0.0751. The summed E-state index contributed by atoms with van der Waals surface area (Å²) in [6, 6.07) is 11.6. The fraction of sp³-hybridized carbons (Fsp3) is 0.350. The lowest BCUT2D eigenvalue weighted by molar-refractivity contribution is -0.130. The molecule has 5 nitrogen and oxygen atoms in total. The van der Waals surface area contributed by atoms with Gasteiger partial charge in [0.25, 0.3) is 0 Å². The van der Waals surface area contributed by atoms with Crippen LogP contribution in [0.1, 0.15) is 24.0 Å². The van der Waals surface area contributed by atoms with Crippen LogP contribution >= 0.6 is 23.2 Å². The molecule has 1 fully saturated rings. The van der Waals surface area contributed by atoms with Gasteiger partial charge in [-0.3, -0.25) is 4.79 Å². The third-order valence-electron chi connectivity index (χ3n) is 4.83. The SMILES string of the molecule is Cc1ccc(S(=O)(=O)N(CC(=O)N2CCCC2)Cc2c(Cl)cccc2Cl)cc1. The summed E-state index contributed by atoms with van der Waals surface area (Å²) in [7, 11) is -3.91. The molecule has 0 aliphatic carbocycles. The molecule has 2 aromatic rings. The average molecular weight is 441 g/mol. The maximum Gasteiger partial charge on any atom is 0.243 e. The normalized spacial score (nSPS) is 14.6. The molecular formula is C20H22Cl2N2O3S. The number of hydrogen-bond donors (Lipinski definition) is 0. The number of aryl methyl sites for hydroxylation is 1. The summed E-state index contributed by atoms with van der Waals surface area (Å²) in [6.07, 6.45) is 1.87. The van der Waals surface area contributed by atoms with Crippen LogP contribution in [-0.2, 0) is 21.4 Å². The number of halogens is 2. The molecule has 1 aliphatic heterocycles. The molecule has 150 valence electrons. The van der Waals surface area contributed by atoms with E-state index in [2.05, 4.69) is 0 Å². The number of rotatable bonds is 6. The first-order chi connectivity index (χ1) is 13.3. The molecule has 2 aromatic carbocycles. The summed E-state index contributed by atoms with van der Waals surface area (Å²) in [5.74, 6) is -0.212. The molecule has 0 spiro atoms. The highest BCUT2D eigenvalue weighted by molar-refractivity contribution is 7.89. The molecule has 3 rings (SSSR count). The Morgan fingerprint density at radius 2 is 1.61 bits per heavy atom. The Hall–Kier alpha value is -1.60. The van der Waals surface area contributed by atoms with E-state index in [1.165, 1.54) is 0 Å². The van der Waals surface area contributed by atoms with Gasteiger partial charge in [-0.1, -0.05) is 47.0 Å². The Balaban J connectivity index is 1.95. The van der Waals surface area contributed by atoms with Crippen molar-refractivity contribution >= 4 is 39.1 Å². The van der Waals surface area contributed by atoms with Crippen LogP contribution in [0.25, 0.3) is 0 Å². The molecule has 1 saturated heterocycles. The third-order valence-corrected chi connectivity index (χ3v) is 7.34. The lowest BCUT2D eigenvalue weighted by Gasteiger charge is -2.25. The third kappa shape index (κ3) is 4.69. The van der Waals surface area contributed by atoms with Crippen LogP contribution in [0.5, 0.6) is 0 Å². The van der Waals surface area contributed by atoms with E-state index in [9.17, 15) is 13.2 Å². The number of nitrogens with zero attached hydrogens (tertiary/aromatic N) is 2. The predicted octanol–water partition coefficient (Wildman–Crippen LogP) is 4.12. The standard InChI is InChI=1S/C20H22Cl2N2O3S/c1-15-7-9-16(10-8-15)28(26,27)24(14-20(25)23-11-2-3-12-23)13-17-18(21)5-4-6-19(17)22/h4-10H,2-3,11-14H2,1H3. The van der Waals surface area contributed by atoms with Gasteiger partial charge in [-0.2, -0.15) is 4.31 Å². The number of amides is 1. The van der Waals surface area contributed by atoms with Crippen molar-refractivity contribution in [2.24, 2.45) is 0 Å². The minimum atomic E-state index is -3.91. The van der Waals surface area contributed by atoms with E-state index < -0.39 is 10.0 Å². The molecular weight excluding hydrogens is 419 g/mol. The zero-order chi connectivity index (χ0) is 20.3. The van der Waals surface area contributed by atoms with Crippen molar-refractivity contribution in [1.82, 2.24) is 9.21 Å². The van der Waals surface area contributed by atoms with Crippen molar-refractivity contribution in [2.45, 2.75) is 31.2 Å². The maximum atomic E-state index is 13.3. The molecule has 0 aromatic heterocycles. The number of benzene rings is 2. The van der Waals surface area contributed by atoms with Crippen LogP contribution in [0.4, 0.5) is 0 Å². The Bertz CT molecular complexity index is 936. The average Bonchev–Trinajstić information content (AvgIpc) is 3.19. The molecule has 8 heteroatoms. The Kier molecular flexibility index (Phi) is 6.65. The van der Waals surface area contributed by atoms with Gasteiger partial charge in [0.1, 0.15) is 0 Å². The Labute approximate surface area is 175 Å². The van der Waals surface area contributed by atoms with Crippen LogP contribution < -0.4 is 0 Å². The second-order valence-electron chi connectivity index (χ2n) is 6.87. The topological polar surface area (TPSA) is 57.7 Å². The summed E-state index contributed by atoms with van der Waals surface area (Å²) < 4.78 is 27.7. The van der Waals surface area contributed by atoms with Crippen molar-refractivity contribution in [3.8, 4) is 0 Å². The summed E-state index contributed by atoms with van der Waals surface area (Å²) >= 11 is 12.5. The van der Waals surface area contributed by atoms with Gasteiger partial charge in [0.15, 0.2) is 0 Å². The lowest BCUT2D eigenvalue weighted by Crippen LogP contribution is -2.41. The van der Waals surface area contributed by atoms with Crippen LogP contribution in [-0.4, -0.2) is 43.2 Å². The minimum Gasteiger partial charge on any atom is -0.342 e. The fourth-order valence-electron chi connectivity index (χ4n) is 3.16. The number of hydrogen-bond acceptors (Lipinski definition) is 3. The summed E-state index contributed by atoms with van der Waals surface area (Å²) in [4.78, 5) is 14.5. The molecule has 0 bridgehead atoms. The molecule has 0 radical (unpaired) electrons. The second-order valence-corrected chi connectivity index (χ2v) is 9.63. The van der Waals surface area contributed by atoms with E-state index >= 15 is 0 Å². The monoisotopic (exact) mass is 440 g/mol. The molecule has 1 aliphatic rings. The van der Waals surface area contributed by atoms with E-state index in [0.717, 1.165) is 22.7 Å². The van der Waals surface area contributed by atoms with E-state index in [1.807, 2.05) is 6.92 Å². The first-order valence-electron chi connectivity index (χ1n) is 9.06. The predicted molar refractivity (Wildman–Crippen MR) is 111 cm³/mol. The highest BCUT2D eigenvalue weighted by Gasteiger charge is 2.30. The van der Waals surface area contributed by atoms with E-state index in [0.29, 0.717) is 28.7 Å². The van der Waals surface area contributed by atoms with Gasteiger partial charge in [0.2, 0.25) is 15.9 Å². The molecule has 1 heterocycles. The zero-order valence-electron chi connectivity index (χ0n) is 15.6. The van der Waals surface area contributed by atoms with Crippen molar-refractivity contribution in [3.63, 3.8) is 0 Å². The van der Waals surface area contributed by atoms with Gasteiger partial charge in [-0.05, 0) is 44.0 Å². The first kappa shape index (κ1) is 21.1. The highest BCUT2D eigenvalue weighted by Crippen LogP contribution is 2.28. The summed E-state index contributed by atoms with van der Waals surface area (Å²) in [6.45, 7) is 2.87. The second kappa shape index (κ2) is 8.82. The van der Waals surface area contributed by atoms with E-state index in [4.69, 9.17) is 23.2 Å². The van der Waals surface area contributed by atoms with Gasteiger partial charge in [-0.15, -0.1) is 0 Å². The first-order valence-corrected chi connectivity index (χ1v) is 11.3. The van der Waals surface area contributed by atoms with Crippen molar-refractivity contribution in [2.75, 3.05) is 19.6 Å². The largest absolute Gasteiger partial charge is 0.342 e. The van der Waals surface area contributed by atoms with E-state index in [1.54, 1.807) is 47.4 Å². The maximum absolute atomic E-state index is 13.3. The van der Waals surface area contributed by atoms with Crippen LogP contribution in [0, 0.1) is 6.92 Å². The zero-order valence-corrected chi connectivity index (χ0v) is 17.9. The smallest absolute Gasteiger partial charge is 0.243 e. The molecule has 0 N–H and O–H groups in total. The molecule has 0 atom stereocenters. The Morgan fingerprint density at radius 1 is 1.04 bits per heavy atom. The van der Waals surface area contributed by atoms with Gasteiger partial charge in [0.05, 0.1) is 11.4 Å². The molecule has 1 amide bonds. The van der Waals surface area contributed by atoms with E-state index in [-0.39, 0.29) is 23.9 Å². The highest BCUT2D eigenvalue weighted by atomic mass is 35.5. The van der Waals surface area contributed by atoms with Crippen molar-refractivity contribution in [3.05, 3.63) is 63.6 Å². The van der Waals surface area contributed by atoms with Crippen molar-refractivity contribution < 1.29 is 13.2 Å². The van der Waals surface area contributed by atoms with Gasteiger partial charge in [0, 0.05) is 35.2 Å². The van der Waals surface area contributed by atoms with Crippen LogP contribution in [0.2, 0.25) is 10.0 Å².